The Labute approximate surface area is 202 Å². The van der Waals surface area contributed by atoms with E-state index in [0.29, 0.717) is 27.7 Å². The lowest BCUT2D eigenvalue weighted by atomic mass is 9.86. The van der Waals surface area contributed by atoms with Gasteiger partial charge in [0.1, 0.15) is 11.2 Å². The molecule has 1 amide bonds. The molecule has 2 aromatic heterocycles. The normalized spacial score (nSPS) is 12.7. The van der Waals surface area contributed by atoms with E-state index in [9.17, 15) is 19.5 Å². The molecule has 2 heterocycles. The van der Waals surface area contributed by atoms with E-state index in [1.54, 1.807) is 37.5 Å². The highest BCUT2D eigenvalue weighted by Gasteiger charge is 2.24. The number of carbonyl (C=O) groups is 2. The molecule has 0 unspecified atom stereocenters. The van der Waals surface area contributed by atoms with E-state index in [-0.39, 0.29) is 23.8 Å². The molecule has 1 atom stereocenters. The van der Waals surface area contributed by atoms with Crippen LogP contribution >= 0.6 is 0 Å². The van der Waals surface area contributed by atoms with Crippen molar-refractivity contribution < 1.29 is 23.5 Å². The molecule has 0 aliphatic carbocycles. The number of hydrogen-bond donors (Lipinski definition) is 1. The number of fused-ring (bicyclic) bond motifs is 2. The molecule has 35 heavy (non-hydrogen) atoms. The van der Waals surface area contributed by atoms with Gasteiger partial charge in [0.15, 0.2) is 0 Å². The first-order chi connectivity index (χ1) is 16.5. The zero-order chi connectivity index (χ0) is 25.5. The molecule has 0 bridgehead atoms. The Morgan fingerprint density at radius 2 is 1.71 bits per heavy atom. The molecule has 0 fully saturated rings. The maximum absolute atomic E-state index is 12.8. The predicted octanol–water partition coefficient (Wildman–Crippen LogP) is 3.47. The Hall–Kier alpha value is -3.87. The van der Waals surface area contributed by atoms with Gasteiger partial charge >= 0.3 is 5.63 Å². The van der Waals surface area contributed by atoms with E-state index in [0.717, 1.165) is 16.5 Å². The molecule has 0 aliphatic rings. The molecule has 0 saturated heterocycles. The average Bonchev–Trinajstić information content (AvgIpc) is 3.23. The number of hydrogen-bond acceptors (Lipinski definition) is 6. The van der Waals surface area contributed by atoms with Crippen LogP contribution in [0, 0.1) is 13.8 Å². The summed E-state index contributed by atoms with van der Waals surface area (Å²) >= 11 is 0. The lowest BCUT2D eigenvalue weighted by Gasteiger charge is -2.20. The lowest BCUT2D eigenvalue weighted by molar-refractivity contribution is -0.308. The highest BCUT2D eigenvalue weighted by Crippen LogP contribution is 2.37. The first kappa shape index (κ1) is 24.3. The van der Waals surface area contributed by atoms with Crippen LogP contribution in [-0.2, 0) is 27.8 Å². The monoisotopic (exact) mass is 474 g/mol. The van der Waals surface area contributed by atoms with E-state index >= 15 is 0 Å². The summed E-state index contributed by atoms with van der Waals surface area (Å²) in [5.41, 5.74) is 3.57. The van der Waals surface area contributed by atoms with Crippen molar-refractivity contribution in [3.63, 3.8) is 0 Å². The van der Waals surface area contributed by atoms with Crippen LogP contribution in [0.25, 0.3) is 21.9 Å². The fraction of sp³-hybridized carbons (Fsp3) is 0.321. The molecule has 0 saturated carbocycles. The van der Waals surface area contributed by atoms with Gasteiger partial charge in [-0.15, -0.1) is 0 Å². The van der Waals surface area contributed by atoms with Gasteiger partial charge in [-0.3, -0.25) is 4.79 Å². The third kappa shape index (κ3) is 4.71. The van der Waals surface area contributed by atoms with Gasteiger partial charge in [0.25, 0.3) is 0 Å². The van der Waals surface area contributed by atoms with Crippen LogP contribution in [0.15, 0.2) is 56.3 Å². The van der Waals surface area contributed by atoms with Crippen LogP contribution in [0.5, 0.6) is 0 Å². The molecule has 182 valence electrons. The number of carboxylic acid groups (broad SMARTS) is 1. The van der Waals surface area contributed by atoms with Crippen molar-refractivity contribution in [1.29, 1.82) is 0 Å². The summed E-state index contributed by atoms with van der Waals surface area (Å²) in [6.07, 6.45) is 1.50. The van der Waals surface area contributed by atoms with E-state index in [2.05, 4.69) is 26.1 Å². The Morgan fingerprint density at radius 3 is 2.34 bits per heavy atom. The number of rotatable bonds is 6. The summed E-state index contributed by atoms with van der Waals surface area (Å²) in [5.74, 6) is -1.99. The number of carboxylic acids is 1. The minimum Gasteiger partial charge on any atom is -0.548 e. The van der Waals surface area contributed by atoms with Crippen molar-refractivity contribution in [3.8, 4) is 0 Å². The lowest BCUT2D eigenvalue weighted by Crippen LogP contribution is -2.49. The molecule has 1 N–H and O–H groups in total. The van der Waals surface area contributed by atoms with Crippen molar-refractivity contribution >= 4 is 33.8 Å². The van der Waals surface area contributed by atoms with Gasteiger partial charge in [-0.25, -0.2) is 4.79 Å². The van der Waals surface area contributed by atoms with Gasteiger partial charge < -0.3 is 24.1 Å². The third-order valence-electron chi connectivity index (χ3n) is 6.39. The molecule has 0 aliphatic heterocycles. The quantitative estimate of drug-likeness (QED) is 0.428. The first-order valence-electron chi connectivity index (χ1n) is 11.5. The zero-order valence-corrected chi connectivity index (χ0v) is 20.5. The first-order valence-corrected chi connectivity index (χ1v) is 11.5. The standard InChI is InChI=1S/C28H29NO6/c1-15-18-12-20-21(28(3,4)5)14-34-24(20)16(2)25(18)35-27(33)19(15)13-23(30)29-22(26(31)32)11-17-9-7-6-8-10-17/h6-10,12,14,22H,11,13H2,1-5H3,(H,29,30)(H,31,32)/p-1/t22-/m0/s1. The number of nitrogens with one attached hydrogen (secondary N) is 1. The summed E-state index contributed by atoms with van der Waals surface area (Å²) in [4.78, 5) is 37.3. The number of carbonyl (C=O) groups excluding carboxylic acids is 2. The number of aliphatic carboxylic acids is 1. The van der Waals surface area contributed by atoms with Gasteiger partial charge in [0.05, 0.1) is 30.3 Å². The highest BCUT2D eigenvalue weighted by atomic mass is 16.4. The number of aryl methyl sites for hydroxylation is 2. The largest absolute Gasteiger partial charge is 0.548 e. The van der Waals surface area contributed by atoms with Crippen molar-refractivity contribution in [2.24, 2.45) is 0 Å². The second-order valence-corrected chi connectivity index (χ2v) is 9.95. The zero-order valence-electron chi connectivity index (χ0n) is 20.5. The Bertz CT molecular complexity index is 1490. The minimum absolute atomic E-state index is 0.0769. The van der Waals surface area contributed by atoms with Gasteiger partial charge in [-0.05, 0) is 42.9 Å². The van der Waals surface area contributed by atoms with E-state index in [4.69, 9.17) is 8.83 Å². The Balaban J connectivity index is 1.69. The third-order valence-corrected chi connectivity index (χ3v) is 6.39. The second kappa shape index (κ2) is 9.06. The molecule has 4 aromatic rings. The Kier molecular flexibility index (Phi) is 6.28. The maximum Gasteiger partial charge on any atom is 0.340 e. The molecule has 7 nitrogen and oxygen atoms in total. The van der Waals surface area contributed by atoms with Crippen LogP contribution in [-0.4, -0.2) is 17.9 Å². The van der Waals surface area contributed by atoms with Crippen molar-refractivity contribution in [2.75, 3.05) is 0 Å². The SMILES string of the molecule is Cc1c(CC(=O)N[C@@H](Cc2ccccc2)C(=O)[O-])c(=O)oc2c(C)c3occ(C(C)(C)C)c3cc12. The number of furan rings is 1. The second-order valence-electron chi connectivity index (χ2n) is 9.95. The van der Waals surface area contributed by atoms with Crippen LogP contribution in [0.4, 0.5) is 0 Å². The van der Waals surface area contributed by atoms with Gasteiger partial charge in [0, 0.05) is 21.9 Å². The summed E-state index contributed by atoms with van der Waals surface area (Å²) < 4.78 is 11.4. The molecule has 2 aromatic carbocycles. The molecule has 0 radical (unpaired) electrons. The van der Waals surface area contributed by atoms with Gasteiger partial charge in [-0.2, -0.15) is 0 Å². The molecular weight excluding hydrogens is 446 g/mol. The van der Waals surface area contributed by atoms with Gasteiger partial charge in [0.2, 0.25) is 5.91 Å². The maximum atomic E-state index is 12.8. The highest BCUT2D eigenvalue weighted by molar-refractivity contribution is 6.00. The van der Waals surface area contributed by atoms with E-state index in [1.165, 1.54) is 0 Å². The molecule has 4 rings (SSSR count). The van der Waals surface area contributed by atoms with Crippen LogP contribution < -0.4 is 16.0 Å². The smallest absolute Gasteiger partial charge is 0.340 e. The minimum atomic E-state index is -1.39. The van der Waals surface area contributed by atoms with Crippen LogP contribution in [0.1, 0.15) is 48.6 Å². The summed E-state index contributed by atoms with van der Waals surface area (Å²) in [6.45, 7) is 9.88. The van der Waals surface area contributed by atoms with Crippen LogP contribution in [0.2, 0.25) is 0 Å². The summed E-state index contributed by atoms with van der Waals surface area (Å²) in [6, 6.07) is 9.65. The van der Waals surface area contributed by atoms with E-state index in [1.807, 2.05) is 19.1 Å². The number of benzene rings is 2. The van der Waals surface area contributed by atoms with E-state index < -0.39 is 23.5 Å². The van der Waals surface area contributed by atoms with Gasteiger partial charge in [-0.1, -0.05) is 51.1 Å². The van der Waals surface area contributed by atoms with Crippen molar-refractivity contribution in [1.82, 2.24) is 5.32 Å². The predicted molar refractivity (Wildman–Crippen MR) is 131 cm³/mol. The molecule has 7 heteroatoms. The fourth-order valence-electron chi connectivity index (χ4n) is 4.43. The topological polar surface area (TPSA) is 113 Å². The van der Waals surface area contributed by atoms with Crippen LogP contribution in [0.3, 0.4) is 0 Å². The summed E-state index contributed by atoms with van der Waals surface area (Å²) in [5, 5.41) is 15.8. The number of amides is 1. The molecule has 0 spiro atoms. The molecular formula is C28H28NO6-. The fourth-order valence-corrected chi connectivity index (χ4v) is 4.43. The Morgan fingerprint density at radius 1 is 1.03 bits per heavy atom. The average molecular weight is 475 g/mol. The summed E-state index contributed by atoms with van der Waals surface area (Å²) in [7, 11) is 0. The van der Waals surface area contributed by atoms with Crippen molar-refractivity contribution in [2.45, 2.75) is 58.9 Å². The van der Waals surface area contributed by atoms with Crippen molar-refractivity contribution in [3.05, 3.63) is 80.9 Å².